The van der Waals surface area contributed by atoms with Crippen molar-refractivity contribution in [1.29, 1.82) is 0 Å². The van der Waals surface area contributed by atoms with Crippen molar-refractivity contribution in [2.75, 3.05) is 24.8 Å². The first kappa shape index (κ1) is 14.1. The normalized spacial score (nSPS) is 12.3. The average molecular weight is 246 g/mol. The molecule has 0 spiro atoms. The summed E-state index contributed by atoms with van der Waals surface area (Å²) in [5, 5.41) is 17.3. The largest absolute Gasteiger partial charge is 0.395 e. The van der Waals surface area contributed by atoms with E-state index < -0.39 is 29.3 Å². The standard InChI is InChI=1S/C7H16ClNO4S/c8-3-1-2-4-14(12,13)9-7(5-10)6-11/h7,9-11H,1-6H2. The van der Waals surface area contributed by atoms with Crippen LogP contribution in [0, 0.1) is 0 Å². The fraction of sp³-hybridized carbons (Fsp3) is 1.00. The monoisotopic (exact) mass is 245 g/mol. The van der Waals surface area contributed by atoms with E-state index in [1.54, 1.807) is 0 Å². The third-order valence-corrected chi connectivity index (χ3v) is 3.37. The molecule has 0 radical (unpaired) electrons. The third-order valence-electron chi connectivity index (χ3n) is 1.58. The van der Waals surface area contributed by atoms with Gasteiger partial charge in [0.15, 0.2) is 0 Å². The van der Waals surface area contributed by atoms with Gasteiger partial charge in [0.1, 0.15) is 0 Å². The molecule has 5 nitrogen and oxygen atoms in total. The SMILES string of the molecule is O=S(=O)(CCCCCl)NC(CO)CO. The number of hydrogen-bond acceptors (Lipinski definition) is 4. The number of unbranched alkanes of at least 4 members (excludes halogenated alkanes) is 1. The summed E-state index contributed by atoms with van der Waals surface area (Å²) in [7, 11) is -3.41. The van der Waals surface area contributed by atoms with Crippen molar-refractivity contribution in [2.45, 2.75) is 18.9 Å². The van der Waals surface area contributed by atoms with Gasteiger partial charge in [0.05, 0.1) is 25.0 Å². The fourth-order valence-corrected chi connectivity index (χ4v) is 2.38. The van der Waals surface area contributed by atoms with Gasteiger partial charge < -0.3 is 10.2 Å². The Bertz CT molecular complexity index is 228. The van der Waals surface area contributed by atoms with Gasteiger partial charge in [-0.25, -0.2) is 13.1 Å². The van der Waals surface area contributed by atoms with Gasteiger partial charge in [0, 0.05) is 5.88 Å². The second-order valence-electron chi connectivity index (χ2n) is 2.89. The Morgan fingerprint density at radius 2 is 1.79 bits per heavy atom. The van der Waals surface area contributed by atoms with Crippen LogP contribution in [-0.2, 0) is 10.0 Å². The first-order valence-electron chi connectivity index (χ1n) is 4.33. The first-order valence-corrected chi connectivity index (χ1v) is 6.52. The number of halogens is 1. The summed E-state index contributed by atoms with van der Waals surface area (Å²) in [5.41, 5.74) is 0. The summed E-state index contributed by atoms with van der Waals surface area (Å²) < 4.78 is 24.7. The molecular formula is C7H16ClNO4S. The molecule has 0 atom stereocenters. The third kappa shape index (κ3) is 6.56. The molecular weight excluding hydrogens is 230 g/mol. The predicted molar refractivity (Wildman–Crippen MR) is 54.8 cm³/mol. The minimum Gasteiger partial charge on any atom is -0.395 e. The Morgan fingerprint density at radius 1 is 1.21 bits per heavy atom. The lowest BCUT2D eigenvalue weighted by Crippen LogP contribution is -2.41. The highest BCUT2D eigenvalue weighted by atomic mass is 35.5. The molecule has 0 aromatic heterocycles. The van der Waals surface area contributed by atoms with Crippen LogP contribution in [0.25, 0.3) is 0 Å². The van der Waals surface area contributed by atoms with E-state index in [9.17, 15) is 8.42 Å². The fourth-order valence-electron chi connectivity index (χ4n) is 0.832. The van der Waals surface area contributed by atoms with E-state index in [1.165, 1.54) is 0 Å². The second-order valence-corrected chi connectivity index (χ2v) is 5.15. The van der Waals surface area contributed by atoms with Gasteiger partial charge >= 0.3 is 0 Å². The van der Waals surface area contributed by atoms with Crippen molar-refractivity contribution in [3.8, 4) is 0 Å². The number of sulfonamides is 1. The number of nitrogens with one attached hydrogen (secondary N) is 1. The second kappa shape index (κ2) is 7.42. The van der Waals surface area contributed by atoms with Crippen LogP contribution in [0.3, 0.4) is 0 Å². The Morgan fingerprint density at radius 3 is 2.21 bits per heavy atom. The molecule has 0 aromatic rings. The molecule has 0 aromatic carbocycles. The molecule has 0 unspecified atom stereocenters. The van der Waals surface area contributed by atoms with Gasteiger partial charge in [-0.05, 0) is 12.8 Å². The summed E-state index contributed by atoms with van der Waals surface area (Å²) in [5.74, 6) is 0.398. The smallest absolute Gasteiger partial charge is 0.212 e. The molecule has 3 N–H and O–H groups in total. The van der Waals surface area contributed by atoms with Crippen LogP contribution in [0.15, 0.2) is 0 Å². The van der Waals surface area contributed by atoms with E-state index in [4.69, 9.17) is 21.8 Å². The number of hydrogen-bond donors (Lipinski definition) is 3. The average Bonchev–Trinajstić information content (AvgIpc) is 2.14. The minimum atomic E-state index is -3.41. The van der Waals surface area contributed by atoms with Crippen LogP contribution in [0.5, 0.6) is 0 Å². The van der Waals surface area contributed by atoms with Crippen molar-refractivity contribution >= 4 is 21.6 Å². The van der Waals surface area contributed by atoms with Gasteiger partial charge in [0.25, 0.3) is 0 Å². The zero-order valence-electron chi connectivity index (χ0n) is 7.82. The Kier molecular flexibility index (Phi) is 7.48. The van der Waals surface area contributed by atoms with Gasteiger partial charge in [-0.3, -0.25) is 0 Å². The van der Waals surface area contributed by atoms with Crippen LogP contribution in [-0.4, -0.2) is 49.5 Å². The predicted octanol–water partition coefficient (Wildman–Crippen LogP) is -0.722. The molecule has 0 aliphatic heterocycles. The molecule has 0 fully saturated rings. The van der Waals surface area contributed by atoms with Crippen molar-refractivity contribution in [3.63, 3.8) is 0 Å². The van der Waals surface area contributed by atoms with E-state index in [0.717, 1.165) is 0 Å². The minimum absolute atomic E-state index is 0.0315. The van der Waals surface area contributed by atoms with Gasteiger partial charge in [0.2, 0.25) is 10.0 Å². The van der Waals surface area contributed by atoms with Crippen LogP contribution in [0.2, 0.25) is 0 Å². The van der Waals surface area contributed by atoms with E-state index in [2.05, 4.69) is 4.72 Å². The van der Waals surface area contributed by atoms with Crippen LogP contribution >= 0.6 is 11.6 Å². The van der Waals surface area contributed by atoms with E-state index >= 15 is 0 Å². The zero-order valence-corrected chi connectivity index (χ0v) is 9.39. The lowest BCUT2D eigenvalue weighted by atomic mass is 10.4. The highest BCUT2D eigenvalue weighted by Crippen LogP contribution is 1.97. The van der Waals surface area contributed by atoms with Crippen LogP contribution < -0.4 is 4.72 Å². The molecule has 0 rings (SSSR count). The lowest BCUT2D eigenvalue weighted by molar-refractivity contribution is 0.185. The molecule has 14 heavy (non-hydrogen) atoms. The molecule has 0 amide bonds. The molecule has 0 saturated carbocycles. The van der Waals surface area contributed by atoms with E-state index in [1.807, 2.05) is 0 Å². The summed E-state index contributed by atoms with van der Waals surface area (Å²) >= 11 is 5.40. The summed E-state index contributed by atoms with van der Waals surface area (Å²) in [6, 6.07) is -0.809. The van der Waals surface area contributed by atoms with Gasteiger partial charge in [-0.1, -0.05) is 0 Å². The summed E-state index contributed by atoms with van der Waals surface area (Å²) in [4.78, 5) is 0. The van der Waals surface area contributed by atoms with Crippen molar-refractivity contribution in [2.24, 2.45) is 0 Å². The van der Waals surface area contributed by atoms with Gasteiger partial charge in [-0.15, -0.1) is 11.6 Å². The van der Waals surface area contributed by atoms with Crippen molar-refractivity contribution in [1.82, 2.24) is 4.72 Å². The maximum atomic E-state index is 11.3. The maximum absolute atomic E-state index is 11.3. The molecule has 86 valence electrons. The topological polar surface area (TPSA) is 86.6 Å². The molecule has 0 aliphatic rings. The number of alkyl halides is 1. The molecule has 0 bridgehead atoms. The number of aliphatic hydroxyl groups is 2. The van der Waals surface area contributed by atoms with Crippen molar-refractivity contribution < 1.29 is 18.6 Å². The number of aliphatic hydroxyl groups excluding tert-OH is 2. The maximum Gasteiger partial charge on any atom is 0.212 e. The Balaban J connectivity index is 3.93. The molecule has 0 heterocycles. The highest BCUT2D eigenvalue weighted by molar-refractivity contribution is 7.89. The molecule has 7 heteroatoms. The number of rotatable bonds is 8. The first-order chi connectivity index (χ1) is 6.55. The summed E-state index contributed by atoms with van der Waals surface area (Å²) in [6.07, 6.45) is 1.10. The van der Waals surface area contributed by atoms with Crippen LogP contribution in [0.1, 0.15) is 12.8 Å². The Labute approximate surface area is 89.1 Å². The molecule has 0 saturated heterocycles. The van der Waals surface area contributed by atoms with Crippen LogP contribution in [0.4, 0.5) is 0 Å². The van der Waals surface area contributed by atoms with Gasteiger partial charge in [-0.2, -0.15) is 0 Å². The Hall–Kier alpha value is 0.120. The molecule has 0 aliphatic carbocycles. The van der Waals surface area contributed by atoms with E-state index in [0.29, 0.717) is 18.7 Å². The van der Waals surface area contributed by atoms with E-state index in [-0.39, 0.29) is 5.75 Å². The summed E-state index contributed by atoms with van der Waals surface area (Å²) in [6.45, 7) is -0.823. The van der Waals surface area contributed by atoms with Crippen molar-refractivity contribution in [3.05, 3.63) is 0 Å². The zero-order chi connectivity index (χ0) is 11.0. The highest BCUT2D eigenvalue weighted by Gasteiger charge is 2.15. The quantitative estimate of drug-likeness (QED) is 0.389. The lowest BCUT2D eigenvalue weighted by Gasteiger charge is -2.13.